The summed E-state index contributed by atoms with van der Waals surface area (Å²) in [6.07, 6.45) is 0. The van der Waals surface area contributed by atoms with Crippen LogP contribution in [0.1, 0.15) is 13.8 Å². The summed E-state index contributed by atoms with van der Waals surface area (Å²) in [6, 6.07) is 0. The van der Waals surface area contributed by atoms with Crippen LogP contribution >= 0.6 is 16.1 Å². The van der Waals surface area contributed by atoms with Crippen LogP contribution in [0.2, 0.25) is 0 Å². The summed E-state index contributed by atoms with van der Waals surface area (Å²) in [6.45, 7) is 6.41. The number of nitrogens with zero attached hydrogens (tertiary/aromatic N) is 1. The van der Waals surface area contributed by atoms with Crippen molar-refractivity contribution in [2.45, 2.75) is 19.4 Å². The van der Waals surface area contributed by atoms with Gasteiger partial charge in [0.15, 0.2) is 0 Å². The van der Waals surface area contributed by atoms with Crippen molar-refractivity contribution in [2.75, 3.05) is 13.2 Å². The average Bonchev–Trinajstić information content (AvgIpc) is 1.86. The molecule has 3 heteroatoms. The Morgan fingerprint density at radius 1 is 1.62 bits per heavy atom. The van der Waals surface area contributed by atoms with Gasteiger partial charge in [-0.1, -0.05) is 0 Å². The Bertz CT molecular complexity index is 92.4. The SMILES string of the molecule is CC1(C)CNCN1Br. The molecular formula is C5H11BrN2. The van der Waals surface area contributed by atoms with Gasteiger partial charge in [-0.15, -0.1) is 0 Å². The lowest BCUT2D eigenvalue weighted by atomic mass is 10.1. The molecule has 0 aromatic rings. The number of nitrogens with one attached hydrogen (secondary N) is 1. The Kier molecular flexibility index (Phi) is 1.61. The van der Waals surface area contributed by atoms with Crippen molar-refractivity contribution in [3.63, 3.8) is 0 Å². The Morgan fingerprint density at radius 2 is 2.25 bits per heavy atom. The van der Waals surface area contributed by atoms with Crippen LogP contribution in [-0.4, -0.2) is 22.7 Å². The van der Waals surface area contributed by atoms with Crippen molar-refractivity contribution in [3.8, 4) is 0 Å². The van der Waals surface area contributed by atoms with Crippen molar-refractivity contribution >= 4 is 16.1 Å². The second kappa shape index (κ2) is 1.97. The number of hydrogen-bond acceptors (Lipinski definition) is 2. The molecule has 48 valence electrons. The highest BCUT2D eigenvalue weighted by molar-refractivity contribution is 9.07. The van der Waals surface area contributed by atoms with E-state index < -0.39 is 0 Å². The third kappa shape index (κ3) is 1.04. The predicted molar refractivity (Wildman–Crippen MR) is 37.7 cm³/mol. The monoisotopic (exact) mass is 178 g/mol. The largest absolute Gasteiger partial charge is 0.302 e. The molecule has 0 atom stereocenters. The first kappa shape index (κ1) is 6.52. The van der Waals surface area contributed by atoms with Crippen LogP contribution in [0.5, 0.6) is 0 Å². The van der Waals surface area contributed by atoms with E-state index in [0.29, 0.717) is 5.54 Å². The van der Waals surface area contributed by atoms with Gasteiger partial charge in [-0.2, -0.15) is 0 Å². The first-order valence-corrected chi connectivity index (χ1v) is 3.48. The van der Waals surface area contributed by atoms with Crippen LogP contribution in [0.15, 0.2) is 0 Å². The van der Waals surface area contributed by atoms with Crippen LogP contribution in [0.3, 0.4) is 0 Å². The Labute approximate surface area is 58.6 Å². The lowest BCUT2D eigenvalue weighted by Crippen LogP contribution is -2.32. The highest BCUT2D eigenvalue weighted by atomic mass is 79.9. The smallest absolute Gasteiger partial charge is 0.0591 e. The third-order valence-electron chi connectivity index (χ3n) is 1.47. The van der Waals surface area contributed by atoms with Gasteiger partial charge in [-0.3, -0.25) is 0 Å². The average molecular weight is 179 g/mol. The van der Waals surface area contributed by atoms with Gasteiger partial charge in [0.2, 0.25) is 0 Å². The van der Waals surface area contributed by atoms with E-state index in [-0.39, 0.29) is 0 Å². The normalized spacial score (nSPS) is 28.9. The number of rotatable bonds is 0. The van der Waals surface area contributed by atoms with Gasteiger partial charge in [0.05, 0.1) is 6.67 Å². The molecule has 1 heterocycles. The van der Waals surface area contributed by atoms with E-state index in [2.05, 4.69) is 39.2 Å². The molecule has 0 saturated carbocycles. The Morgan fingerprint density at radius 3 is 2.38 bits per heavy atom. The van der Waals surface area contributed by atoms with E-state index in [1.807, 2.05) is 0 Å². The fourth-order valence-corrected chi connectivity index (χ4v) is 1.06. The highest BCUT2D eigenvalue weighted by Crippen LogP contribution is 2.20. The molecule has 1 rings (SSSR count). The summed E-state index contributed by atoms with van der Waals surface area (Å²) in [5.74, 6) is 0. The molecule has 0 spiro atoms. The summed E-state index contributed by atoms with van der Waals surface area (Å²) in [5.41, 5.74) is 0.292. The molecule has 0 aromatic heterocycles. The molecule has 0 radical (unpaired) electrons. The highest BCUT2D eigenvalue weighted by Gasteiger charge is 2.29. The van der Waals surface area contributed by atoms with Crippen molar-refractivity contribution in [1.82, 2.24) is 9.24 Å². The topological polar surface area (TPSA) is 15.3 Å². The second-order valence-corrected chi connectivity index (χ2v) is 3.62. The quantitative estimate of drug-likeness (QED) is 0.556. The predicted octanol–water partition coefficient (Wildman–Crippen LogP) is 0.938. The number of hydrogen-bond donors (Lipinski definition) is 1. The molecular weight excluding hydrogens is 168 g/mol. The van der Waals surface area contributed by atoms with Crippen molar-refractivity contribution in [3.05, 3.63) is 0 Å². The summed E-state index contributed by atoms with van der Waals surface area (Å²) in [4.78, 5) is 0. The zero-order chi connectivity index (χ0) is 6.20. The first-order chi connectivity index (χ1) is 3.63. The van der Waals surface area contributed by atoms with E-state index in [0.717, 1.165) is 13.2 Å². The molecule has 0 unspecified atom stereocenters. The summed E-state index contributed by atoms with van der Waals surface area (Å²) in [7, 11) is 0. The van der Waals surface area contributed by atoms with Gasteiger partial charge >= 0.3 is 0 Å². The zero-order valence-electron chi connectivity index (χ0n) is 5.24. The summed E-state index contributed by atoms with van der Waals surface area (Å²) < 4.78 is 2.12. The molecule has 0 bridgehead atoms. The standard InChI is InChI=1S/C5H11BrN2/c1-5(2)3-7-4-8(5)6/h7H,3-4H2,1-2H3. The van der Waals surface area contributed by atoms with Crippen LogP contribution in [0.4, 0.5) is 0 Å². The molecule has 0 aromatic carbocycles. The minimum atomic E-state index is 0.292. The number of halogens is 1. The van der Waals surface area contributed by atoms with Crippen LogP contribution in [0, 0.1) is 0 Å². The lowest BCUT2D eigenvalue weighted by Gasteiger charge is -2.22. The fourth-order valence-electron chi connectivity index (χ4n) is 0.760. The van der Waals surface area contributed by atoms with Crippen molar-refractivity contribution in [1.29, 1.82) is 0 Å². The molecule has 1 fully saturated rings. The van der Waals surface area contributed by atoms with E-state index in [4.69, 9.17) is 0 Å². The lowest BCUT2D eigenvalue weighted by molar-refractivity contribution is 0.348. The molecule has 0 amide bonds. The minimum absolute atomic E-state index is 0.292. The zero-order valence-corrected chi connectivity index (χ0v) is 6.83. The second-order valence-electron chi connectivity index (χ2n) is 2.76. The van der Waals surface area contributed by atoms with Crippen LogP contribution in [0.25, 0.3) is 0 Å². The van der Waals surface area contributed by atoms with E-state index >= 15 is 0 Å². The molecule has 1 aliphatic heterocycles. The first-order valence-electron chi connectivity index (χ1n) is 2.77. The molecule has 1 aliphatic rings. The van der Waals surface area contributed by atoms with Crippen LogP contribution < -0.4 is 5.32 Å². The Balaban J connectivity index is 2.54. The summed E-state index contributed by atoms with van der Waals surface area (Å²) >= 11 is 3.43. The van der Waals surface area contributed by atoms with E-state index in [1.54, 1.807) is 0 Å². The van der Waals surface area contributed by atoms with Gasteiger partial charge in [-0.25, -0.2) is 3.93 Å². The third-order valence-corrected chi connectivity index (χ3v) is 2.68. The van der Waals surface area contributed by atoms with Crippen LogP contribution in [-0.2, 0) is 0 Å². The maximum absolute atomic E-state index is 3.43. The molecule has 8 heavy (non-hydrogen) atoms. The van der Waals surface area contributed by atoms with Gasteiger partial charge < -0.3 is 5.32 Å². The molecule has 2 nitrogen and oxygen atoms in total. The summed E-state index contributed by atoms with van der Waals surface area (Å²) in [5, 5.41) is 3.24. The Hall–Kier alpha value is 0.400. The fraction of sp³-hybridized carbons (Fsp3) is 1.00. The van der Waals surface area contributed by atoms with E-state index in [9.17, 15) is 0 Å². The van der Waals surface area contributed by atoms with Gasteiger partial charge in [0.1, 0.15) is 0 Å². The van der Waals surface area contributed by atoms with Crippen molar-refractivity contribution in [2.24, 2.45) is 0 Å². The molecule has 1 N–H and O–H groups in total. The molecule has 0 aliphatic carbocycles. The van der Waals surface area contributed by atoms with Gasteiger partial charge in [0, 0.05) is 28.2 Å². The van der Waals surface area contributed by atoms with Gasteiger partial charge in [0.25, 0.3) is 0 Å². The van der Waals surface area contributed by atoms with E-state index in [1.165, 1.54) is 0 Å². The minimum Gasteiger partial charge on any atom is -0.302 e. The molecule has 1 saturated heterocycles. The van der Waals surface area contributed by atoms with Gasteiger partial charge in [-0.05, 0) is 13.8 Å². The maximum atomic E-state index is 3.43. The maximum Gasteiger partial charge on any atom is 0.0591 e. The van der Waals surface area contributed by atoms with Crippen molar-refractivity contribution < 1.29 is 0 Å².